The van der Waals surface area contributed by atoms with Crippen molar-refractivity contribution in [3.63, 3.8) is 0 Å². The first kappa shape index (κ1) is 12.4. The van der Waals surface area contributed by atoms with Gasteiger partial charge in [-0.2, -0.15) is 0 Å². The standard InChI is InChI=1S/C10H16N6O2/c11-8-9(14-6-15-10(8)18)13-5-7(17)16-3-1-12-2-4-16/h6,12H,1-5,11H2,(H2,13,14,15,18). The van der Waals surface area contributed by atoms with Gasteiger partial charge in [0.2, 0.25) is 5.91 Å². The van der Waals surface area contributed by atoms with Crippen molar-refractivity contribution in [2.45, 2.75) is 0 Å². The lowest BCUT2D eigenvalue weighted by molar-refractivity contribution is -0.129. The molecule has 8 nitrogen and oxygen atoms in total. The quantitative estimate of drug-likeness (QED) is 0.504. The number of amides is 1. The van der Waals surface area contributed by atoms with Gasteiger partial charge < -0.3 is 26.3 Å². The van der Waals surface area contributed by atoms with Crippen molar-refractivity contribution < 1.29 is 4.79 Å². The topological polar surface area (TPSA) is 116 Å². The van der Waals surface area contributed by atoms with Crippen molar-refractivity contribution in [2.75, 3.05) is 43.8 Å². The van der Waals surface area contributed by atoms with Crippen molar-refractivity contribution in [1.29, 1.82) is 0 Å². The molecule has 18 heavy (non-hydrogen) atoms. The Morgan fingerprint density at radius 2 is 2.22 bits per heavy atom. The van der Waals surface area contributed by atoms with Gasteiger partial charge in [-0.25, -0.2) is 4.98 Å². The SMILES string of the molecule is Nc1c(NCC(=O)N2CCNCC2)nc[nH]c1=O. The highest BCUT2D eigenvalue weighted by atomic mass is 16.2. The Morgan fingerprint density at radius 3 is 2.94 bits per heavy atom. The molecule has 1 aliphatic rings. The summed E-state index contributed by atoms with van der Waals surface area (Å²) in [6, 6.07) is 0. The Balaban J connectivity index is 1.92. The number of nitrogens with one attached hydrogen (secondary N) is 3. The van der Waals surface area contributed by atoms with Crippen LogP contribution in [-0.2, 0) is 4.79 Å². The number of rotatable bonds is 3. The molecule has 0 atom stereocenters. The van der Waals surface area contributed by atoms with Crippen LogP contribution in [0.1, 0.15) is 0 Å². The summed E-state index contributed by atoms with van der Waals surface area (Å²) >= 11 is 0. The minimum absolute atomic E-state index is 0.00869. The number of hydrogen-bond donors (Lipinski definition) is 4. The molecule has 98 valence electrons. The van der Waals surface area contributed by atoms with E-state index in [9.17, 15) is 9.59 Å². The Morgan fingerprint density at radius 1 is 1.50 bits per heavy atom. The number of nitrogens with zero attached hydrogens (tertiary/aromatic N) is 2. The van der Waals surface area contributed by atoms with Gasteiger partial charge in [0, 0.05) is 26.2 Å². The predicted octanol–water partition coefficient (Wildman–Crippen LogP) is -1.80. The van der Waals surface area contributed by atoms with Crippen molar-refractivity contribution in [1.82, 2.24) is 20.2 Å². The molecule has 0 radical (unpaired) electrons. The number of carbonyl (C=O) groups is 1. The maximum absolute atomic E-state index is 11.8. The third-order valence-corrected chi connectivity index (χ3v) is 2.77. The van der Waals surface area contributed by atoms with Gasteiger partial charge in [-0.15, -0.1) is 0 Å². The van der Waals surface area contributed by atoms with Crippen LogP contribution in [0.5, 0.6) is 0 Å². The zero-order valence-corrected chi connectivity index (χ0v) is 9.90. The van der Waals surface area contributed by atoms with Crippen LogP contribution in [0, 0.1) is 0 Å². The molecule has 1 aromatic rings. The highest BCUT2D eigenvalue weighted by molar-refractivity contribution is 5.81. The largest absolute Gasteiger partial charge is 0.391 e. The van der Waals surface area contributed by atoms with E-state index < -0.39 is 5.56 Å². The van der Waals surface area contributed by atoms with E-state index in [2.05, 4.69) is 20.6 Å². The highest BCUT2D eigenvalue weighted by Gasteiger charge is 2.16. The number of aromatic amines is 1. The van der Waals surface area contributed by atoms with Crippen molar-refractivity contribution in [3.05, 3.63) is 16.7 Å². The Kier molecular flexibility index (Phi) is 3.78. The summed E-state index contributed by atoms with van der Waals surface area (Å²) < 4.78 is 0. The molecular formula is C10H16N6O2. The predicted molar refractivity (Wildman–Crippen MR) is 67.2 cm³/mol. The molecule has 0 bridgehead atoms. The van der Waals surface area contributed by atoms with Gasteiger partial charge in [-0.05, 0) is 0 Å². The summed E-state index contributed by atoms with van der Waals surface area (Å²) in [6.45, 7) is 3.08. The van der Waals surface area contributed by atoms with E-state index in [-0.39, 0.29) is 24.0 Å². The summed E-state index contributed by atoms with van der Waals surface area (Å²) in [7, 11) is 0. The number of H-pyrrole nitrogens is 1. The maximum Gasteiger partial charge on any atom is 0.276 e. The number of carbonyl (C=O) groups excluding carboxylic acids is 1. The molecule has 0 aliphatic carbocycles. The first-order valence-electron chi connectivity index (χ1n) is 5.74. The molecule has 2 heterocycles. The fourth-order valence-corrected chi connectivity index (χ4v) is 1.74. The number of nitrogen functional groups attached to an aromatic ring is 1. The Bertz CT molecular complexity index is 480. The van der Waals surface area contributed by atoms with Gasteiger partial charge in [0.15, 0.2) is 5.82 Å². The van der Waals surface area contributed by atoms with Crippen LogP contribution in [0.4, 0.5) is 11.5 Å². The molecule has 0 aromatic carbocycles. The lowest BCUT2D eigenvalue weighted by Crippen LogP contribution is -2.48. The molecule has 5 N–H and O–H groups in total. The average molecular weight is 252 g/mol. The van der Waals surface area contributed by atoms with Gasteiger partial charge in [-0.3, -0.25) is 9.59 Å². The van der Waals surface area contributed by atoms with E-state index in [1.54, 1.807) is 4.90 Å². The Hall–Kier alpha value is -2.09. The summed E-state index contributed by atoms with van der Waals surface area (Å²) in [5.74, 6) is 0.209. The maximum atomic E-state index is 11.8. The fraction of sp³-hybridized carbons (Fsp3) is 0.500. The average Bonchev–Trinajstić information content (AvgIpc) is 2.41. The second-order valence-electron chi connectivity index (χ2n) is 3.98. The van der Waals surface area contributed by atoms with Crippen molar-refractivity contribution in [3.8, 4) is 0 Å². The number of piperazine rings is 1. The van der Waals surface area contributed by atoms with E-state index in [1.807, 2.05) is 0 Å². The molecule has 0 unspecified atom stereocenters. The molecule has 1 saturated heterocycles. The molecular weight excluding hydrogens is 236 g/mol. The molecule has 1 fully saturated rings. The molecule has 8 heteroatoms. The van der Waals surface area contributed by atoms with E-state index in [4.69, 9.17) is 5.73 Å². The van der Waals surface area contributed by atoms with Gasteiger partial charge in [0.25, 0.3) is 5.56 Å². The molecule has 0 spiro atoms. The van der Waals surface area contributed by atoms with Crippen LogP contribution in [0.15, 0.2) is 11.1 Å². The highest BCUT2D eigenvalue weighted by Crippen LogP contribution is 2.06. The molecule has 1 aliphatic heterocycles. The molecule has 1 amide bonds. The lowest BCUT2D eigenvalue weighted by atomic mass is 10.3. The minimum atomic E-state index is -0.415. The lowest BCUT2D eigenvalue weighted by Gasteiger charge is -2.27. The first-order chi connectivity index (χ1) is 8.68. The zero-order chi connectivity index (χ0) is 13.0. The van der Waals surface area contributed by atoms with Crippen molar-refractivity contribution in [2.24, 2.45) is 0 Å². The first-order valence-corrected chi connectivity index (χ1v) is 5.74. The Labute approximate surface area is 104 Å². The molecule has 0 saturated carbocycles. The zero-order valence-electron chi connectivity index (χ0n) is 9.90. The summed E-state index contributed by atoms with van der Waals surface area (Å²) in [5, 5.41) is 5.95. The van der Waals surface area contributed by atoms with Crippen LogP contribution >= 0.6 is 0 Å². The fourth-order valence-electron chi connectivity index (χ4n) is 1.74. The number of nitrogens with two attached hydrogens (primary N) is 1. The van der Waals surface area contributed by atoms with E-state index in [0.29, 0.717) is 13.1 Å². The second kappa shape index (κ2) is 5.50. The van der Waals surface area contributed by atoms with Crippen LogP contribution in [0.3, 0.4) is 0 Å². The number of hydrogen-bond acceptors (Lipinski definition) is 6. The normalized spacial score (nSPS) is 15.4. The second-order valence-corrected chi connectivity index (χ2v) is 3.98. The number of anilines is 2. The van der Waals surface area contributed by atoms with Crippen molar-refractivity contribution >= 4 is 17.4 Å². The summed E-state index contributed by atoms with van der Waals surface area (Å²) in [5.41, 5.74) is 5.12. The smallest absolute Gasteiger partial charge is 0.276 e. The third-order valence-electron chi connectivity index (χ3n) is 2.77. The van der Waals surface area contributed by atoms with Crippen LogP contribution in [-0.4, -0.2) is 53.5 Å². The van der Waals surface area contributed by atoms with Gasteiger partial charge >= 0.3 is 0 Å². The van der Waals surface area contributed by atoms with Gasteiger partial charge in [-0.1, -0.05) is 0 Å². The van der Waals surface area contributed by atoms with E-state index >= 15 is 0 Å². The summed E-state index contributed by atoms with van der Waals surface area (Å²) in [6.07, 6.45) is 1.25. The van der Waals surface area contributed by atoms with E-state index in [0.717, 1.165) is 13.1 Å². The molecule has 1 aromatic heterocycles. The van der Waals surface area contributed by atoms with E-state index in [1.165, 1.54) is 6.33 Å². The van der Waals surface area contributed by atoms with Gasteiger partial charge in [0.05, 0.1) is 12.9 Å². The third kappa shape index (κ3) is 2.77. The summed E-state index contributed by atoms with van der Waals surface area (Å²) in [4.78, 5) is 31.1. The van der Waals surface area contributed by atoms with Crippen LogP contribution in [0.2, 0.25) is 0 Å². The molecule has 2 rings (SSSR count). The minimum Gasteiger partial charge on any atom is -0.391 e. The number of aromatic nitrogens is 2. The van der Waals surface area contributed by atoms with Crippen LogP contribution in [0.25, 0.3) is 0 Å². The monoisotopic (exact) mass is 252 g/mol. The van der Waals surface area contributed by atoms with Crippen LogP contribution < -0.4 is 21.9 Å². The van der Waals surface area contributed by atoms with Gasteiger partial charge in [0.1, 0.15) is 5.69 Å².